The molecule has 0 bridgehead atoms. The Balaban J connectivity index is 2.71. The lowest BCUT2D eigenvalue weighted by Crippen LogP contribution is -2.30. The number of hydrogen-bond donors (Lipinski definition) is 1. The maximum absolute atomic E-state index is 13.6. The molecule has 0 radical (unpaired) electrons. The molecule has 1 rings (SSSR count). The molecule has 1 nitrogen and oxygen atoms in total. The number of rotatable bonds is 5. The first kappa shape index (κ1) is 14.1. The lowest BCUT2D eigenvalue weighted by Gasteiger charge is -2.22. The Bertz CT molecular complexity index is 363. The first-order chi connectivity index (χ1) is 7.91. The molecule has 0 aliphatic heterocycles. The van der Waals surface area contributed by atoms with Crippen molar-refractivity contribution >= 4 is 0 Å². The third kappa shape index (κ3) is 4.08. The molecule has 2 atom stereocenters. The van der Waals surface area contributed by atoms with Crippen LogP contribution in [0.15, 0.2) is 18.2 Å². The average Bonchev–Trinajstić information content (AvgIpc) is 2.25. The molecule has 0 heterocycles. The Labute approximate surface area is 102 Å². The van der Waals surface area contributed by atoms with Crippen molar-refractivity contribution in [2.75, 3.05) is 6.54 Å². The van der Waals surface area contributed by atoms with Gasteiger partial charge in [0.15, 0.2) is 0 Å². The van der Waals surface area contributed by atoms with Gasteiger partial charge in [0.1, 0.15) is 11.6 Å². The molecule has 0 spiro atoms. The van der Waals surface area contributed by atoms with Gasteiger partial charge in [0.05, 0.1) is 0 Å². The average molecular weight is 241 g/mol. The summed E-state index contributed by atoms with van der Waals surface area (Å²) in [6.45, 7) is 9.03. The van der Waals surface area contributed by atoms with Gasteiger partial charge in [0.2, 0.25) is 0 Å². The highest BCUT2D eigenvalue weighted by molar-refractivity contribution is 5.22. The van der Waals surface area contributed by atoms with Crippen molar-refractivity contribution in [1.82, 2.24) is 5.32 Å². The minimum atomic E-state index is -0.522. The molecule has 1 aromatic carbocycles. The summed E-state index contributed by atoms with van der Waals surface area (Å²) in [6, 6.07) is 4.23. The zero-order chi connectivity index (χ0) is 13.0. The molecular weight excluding hydrogens is 220 g/mol. The molecule has 96 valence electrons. The van der Waals surface area contributed by atoms with Gasteiger partial charge in [-0.1, -0.05) is 33.8 Å². The van der Waals surface area contributed by atoms with Crippen molar-refractivity contribution in [3.63, 3.8) is 0 Å². The van der Waals surface area contributed by atoms with E-state index in [1.165, 1.54) is 6.07 Å². The molecule has 1 aromatic rings. The van der Waals surface area contributed by atoms with Crippen molar-refractivity contribution in [3.8, 4) is 0 Å². The van der Waals surface area contributed by atoms with E-state index in [0.717, 1.165) is 12.6 Å². The van der Waals surface area contributed by atoms with E-state index >= 15 is 0 Å². The third-order valence-corrected chi connectivity index (χ3v) is 3.15. The smallest absolute Gasteiger partial charge is 0.129 e. The van der Waals surface area contributed by atoms with E-state index in [1.54, 1.807) is 6.07 Å². The second-order valence-electron chi connectivity index (χ2n) is 4.99. The topological polar surface area (TPSA) is 12.0 Å². The van der Waals surface area contributed by atoms with E-state index in [-0.39, 0.29) is 5.92 Å². The second-order valence-corrected chi connectivity index (χ2v) is 4.99. The van der Waals surface area contributed by atoms with Crippen LogP contribution in [0.3, 0.4) is 0 Å². The van der Waals surface area contributed by atoms with Crippen LogP contribution < -0.4 is 5.32 Å². The number of hydrogen-bond acceptors (Lipinski definition) is 1. The fourth-order valence-corrected chi connectivity index (χ4v) is 1.78. The Morgan fingerprint density at radius 2 is 1.76 bits per heavy atom. The fraction of sp³-hybridized carbons (Fsp3) is 0.571. The van der Waals surface area contributed by atoms with Crippen molar-refractivity contribution < 1.29 is 8.78 Å². The minimum absolute atomic E-state index is 0.0712. The van der Waals surface area contributed by atoms with Crippen molar-refractivity contribution in [1.29, 1.82) is 0 Å². The van der Waals surface area contributed by atoms with Crippen LogP contribution in [0.5, 0.6) is 0 Å². The van der Waals surface area contributed by atoms with Crippen LogP contribution in [0, 0.1) is 17.6 Å². The van der Waals surface area contributed by atoms with Crippen molar-refractivity contribution in [2.45, 2.75) is 39.7 Å². The van der Waals surface area contributed by atoms with Gasteiger partial charge < -0.3 is 5.32 Å². The van der Waals surface area contributed by atoms with E-state index in [4.69, 9.17) is 0 Å². The van der Waals surface area contributed by atoms with Gasteiger partial charge in [-0.3, -0.25) is 0 Å². The van der Waals surface area contributed by atoms with E-state index in [1.807, 2.05) is 6.92 Å². The molecule has 1 N–H and O–H groups in total. The van der Waals surface area contributed by atoms with Crippen molar-refractivity contribution in [3.05, 3.63) is 35.4 Å². The summed E-state index contributed by atoms with van der Waals surface area (Å²) < 4.78 is 26.4. The molecule has 0 amide bonds. The Morgan fingerprint density at radius 1 is 1.12 bits per heavy atom. The van der Waals surface area contributed by atoms with Crippen LogP contribution in [0.1, 0.15) is 39.2 Å². The van der Waals surface area contributed by atoms with Crippen LogP contribution in [-0.4, -0.2) is 12.6 Å². The molecule has 0 aliphatic rings. The van der Waals surface area contributed by atoms with Crippen LogP contribution in [0.4, 0.5) is 8.78 Å². The van der Waals surface area contributed by atoms with Gasteiger partial charge in [-0.2, -0.15) is 0 Å². The van der Waals surface area contributed by atoms with Crippen molar-refractivity contribution in [2.24, 2.45) is 5.92 Å². The van der Waals surface area contributed by atoms with Crippen LogP contribution in [-0.2, 0) is 0 Å². The molecule has 0 aliphatic carbocycles. The predicted molar refractivity (Wildman–Crippen MR) is 67.1 cm³/mol. The van der Waals surface area contributed by atoms with Gasteiger partial charge in [-0.25, -0.2) is 8.78 Å². The molecule has 2 unspecified atom stereocenters. The zero-order valence-corrected chi connectivity index (χ0v) is 10.9. The normalized spacial score (nSPS) is 15.0. The third-order valence-electron chi connectivity index (χ3n) is 3.15. The molecule has 0 saturated carbocycles. The van der Waals surface area contributed by atoms with Gasteiger partial charge in [0, 0.05) is 12.1 Å². The lowest BCUT2D eigenvalue weighted by molar-refractivity contribution is 0.415. The zero-order valence-electron chi connectivity index (χ0n) is 10.9. The van der Waals surface area contributed by atoms with Crippen LogP contribution in [0.2, 0.25) is 0 Å². The summed E-state index contributed by atoms with van der Waals surface area (Å²) in [5.74, 6) is -0.598. The van der Waals surface area contributed by atoms with Gasteiger partial charge >= 0.3 is 0 Å². The predicted octanol–water partition coefficient (Wildman–Crippen LogP) is 3.70. The number of benzene rings is 1. The Morgan fingerprint density at radius 3 is 2.29 bits per heavy atom. The van der Waals surface area contributed by atoms with E-state index in [2.05, 4.69) is 26.1 Å². The monoisotopic (exact) mass is 241 g/mol. The largest absolute Gasteiger partial charge is 0.314 e. The second kappa shape index (κ2) is 6.10. The number of halogens is 2. The van der Waals surface area contributed by atoms with Crippen LogP contribution >= 0.6 is 0 Å². The van der Waals surface area contributed by atoms with E-state index < -0.39 is 11.6 Å². The highest BCUT2D eigenvalue weighted by atomic mass is 19.1. The lowest BCUT2D eigenvalue weighted by atomic mass is 9.88. The van der Waals surface area contributed by atoms with E-state index in [0.29, 0.717) is 17.5 Å². The SMILES string of the molecule is CC(C)NCC(C)C(C)c1ccc(F)cc1F. The number of nitrogens with one attached hydrogen (secondary N) is 1. The first-order valence-corrected chi connectivity index (χ1v) is 6.10. The van der Waals surface area contributed by atoms with Gasteiger partial charge in [-0.05, 0) is 30.0 Å². The molecular formula is C14H21F2N. The Hall–Kier alpha value is -0.960. The maximum atomic E-state index is 13.6. The van der Waals surface area contributed by atoms with Crippen LogP contribution in [0.25, 0.3) is 0 Å². The summed E-state index contributed by atoms with van der Waals surface area (Å²) in [5.41, 5.74) is 0.587. The molecule has 0 fully saturated rings. The van der Waals surface area contributed by atoms with E-state index in [9.17, 15) is 8.78 Å². The van der Waals surface area contributed by atoms with Gasteiger partial charge in [0.25, 0.3) is 0 Å². The maximum Gasteiger partial charge on any atom is 0.129 e. The molecule has 17 heavy (non-hydrogen) atoms. The molecule has 0 aromatic heterocycles. The summed E-state index contributed by atoms with van der Waals surface area (Å²) >= 11 is 0. The highest BCUT2D eigenvalue weighted by Gasteiger charge is 2.18. The Kier molecular flexibility index (Phi) is 5.06. The standard InChI is InChI=1S/C14H21F2N/c1-9(2)17-8-10(3)11(4)13-6-5-12(15)7-14(13)16/h5-7,9-11,17H,8H2,1-4H3. The minimum Gasteiger partial charge on any atom is -0.314 e. The highest BCUT2D eigenvalue weighted by Crippen LogP contribution is 2.26. The quantitative estimate of drug-likeness (QED) is 0.828. The van der Waals surface area contributed by atoms with Gasteiger partial charge in [-0.15, -0.1) is 0 Å². The fourth-order valence-electron chi connectivity index (χ4n) is 1.78. The molecule has 0 saturated heterocycles. The summed E-state index contributed by atoms with van der Waals surface area (Å²) in [5, 5.41) is 3.33. The summed E-state index contributed by atoms with van der Waals surface area (Å²) in [7, 11) is 0. The molecule has 3 heteroatoms. The summed E-state index contributed by atoms with van der Waals surface area (Å²) in [4.78, 5) is 0. The first-order valence-electron chi connectivity index (χ1n) is 6.10. The summed E-state index contributed by atoms with van der Waals surface area (Å²) in [6.07, 6.45) is 0.